The number of piperazine rings is 1. The molecular formula is C22H27N3O7S2. The van der Waals surface area contributed by atoms with Gasteiger partial charge in [0.2, 0.25) is 15.9 Å². The summed E-state index contributed by atoms with van der Waals surface area (Å²) >= 11 is 1.72. The van der Waals surface area contributed by atoms with Gasteiger partial charge in [0.05, 0.1) is 4.90 Å². The molecule has 0 aliphatic carbocycles. The normalized spacial score (nSPS) is 14.5. The van der Waals surface area contributed by atoms with E-state index in [2.05, 4.69) is 40.7 Å². The first-order valence-electron chi connectivity index (χ1n) is 10.2. The minimum atomic E-state index is -3.52. The number of sulfonamides is 1. The van der Waals surface area contributed by atoms with E-state index in [1.807, 2.05) is 0 Å². The number of nitrogens with one attached hydrogen (secondary N) is 1. The van der Waals surface area contributed by atoms with Crippen LogP contribution in [-0.4, -0.2) is 78.1 Å². The SMILES string of the molecule is CSc1ccc(CN2CCN(S(=O)(=O)c3ccc(NC(C)=O)cc3)CC2)cc1.O=C(O)C(=O)O. The molecule has 0 bridgehead atoms. The number of anilines is 1. The van der Waals surface area contributed by atoms with Crippen molar-refractivity contribution < 1.29 is 33.0 Å². The van der Waals surface area contributed by atoms with Gasteiger partial charge >= 0.3 is 11.9 Å². The Hall–Kier alpha value is -2.93. The number of benzene rings is 2. The summed E-state index contributed by atoms with van der Waals surface area (Å²) in [7, 11) is -3.52. The second kappa shape index (κ2) is 12.5. The zero-order valence-corrected chi connectivity index (χ0v) is 20.4. The Balaban J connectivity index is 0.000000604. The maximum atomic E-state index is 12.9. The quantitative estimate of drug-likeness (QED) is 0.393. The van der Waals surface area contributed by atoms with Gasteiger partial charge in [0.1, 0.15) is 0 Å². The molecule has 1 saturated heterocycles. The first-order chi connectivity index (χ1) is 16.0. The molecule has 34 heavy (non-hydrogen) atoms. The van der Waals surface area contributed by atoms with E-state index in [1.54, 1.807) is 36.0 Å². The predicted octanol–water partition coefficient (Wildman–Crippen LogP) is 2.03. The van der Waals surface area contributed by atoms with Crippen LogP contribution in [0.5, 0.6) is 0 Å². The van der Waals surface area contributed by atoms with Gasteiger partial charge in [0, 0.05) is 50.2 Å². The monoisotopic (exact) mass is 509 g/mol. The van der Waals surface area contributed by atoms with Crippen molar-refractivity contribution >= 4 is 45.3 Å². The van der Waals surface area contributed by atoms with Crippen LogP contribution in [-0.2, 0) is 31.0 Å². The lowest BCUT2D eigenvalue weighted by atomic mass is 10.2. The molecule has 1 aliphatic heterocycles. The van der Waals surface area contributed by atoms with Crippen LogP contribution in [0.3, 0.4) is 0 Å². The molecule has 1 fully saturated rings. The van der Waals surface area contributed by atoms with Crippen molar-refractivity contribution in [1.82, 2.24) is 9.21 Å². The fraction of sp³-hybridized carbons (Fsp3) is 0.318. The number of amides is 1. The molecule has 184 valence electrons. The smallest absolute Gasteiger partial charge is 0.414 e. The van der Waals surface area contributed by atoms with Crippen molar-refractivity contribution in [2.24, 2.45) is 0 Å². The van der Waals surface area contributed by atoms with Gasteiger partial charge in [-0.3, -0.25) is 9.69 Å². The summed E-state index contributed by atoms with van der Waals surface area (Å²) in [5.74, 6) is -3.83. The highest BCUT2D eigenvalue weighted by molar-refractivity contribution is 7.98. The molecule has 0 unspecified atom stereocenters. The summed E-state index contributed by atoms with van der Waals surface area (Å²) in [5.41, 5.74) is 1.83. The number of nitrogens with zero attached hydrogens (tertiary/aromatic N) is 2. The van der Waals surface area contributed by atoms with E-state index in [0.717, 1.165) is 6.54 Å². The highest BCUT2D eigenvalue weighted by Gasteiger charge is 2.28. The summed E-state index contributed by atoms with van der Waals surface area (Å²) in [6.45, 7) is 4.59. The van der Waals surface area contributed by atoms with Gasteiger partial charge in [-0.05, 0) is 48.2 Å². The first-order valence-corrected chi connectivity index (χ1v) is 12.9. The predicted molar refractivity (Wildman–Crippen MR) is 128 cm³/mol. The average Bonchev–Trinajstić information content (AvgIpc) is 2.80. The number of aliphatic carboxylic acids is 2. The van der Waals surface area contributed by atoms with Crippen molar-refractivity contribution in [2.45, 2.75) is 23.3 Å². The van der Waals surface area contributed by atoms with Crippen molar-refractivity contribution in [1.29, 1.82) is 0 Å². The highest BCUT2D eigenvalue weighted by atomic mass is 32.2. The van der Waals surface area contributed by atoms with Gasteiger partial charge < -0.3 is 15.5 Å². The van der Waals surface area contributed by atoms with Crippen LogP contribution in [0.1, 0.15) is 12.5 Å². The number of carboxylic acid groups (broad SMARTS) is 2. The van der Waals surface area contributed by atoms with Crippen LogP contribution in [0.4, 0.5) is 5.69 Å². The second-order valence-electron chi connectivity index (χ2n) is 7.34. The lowest BCUT2D eigenvalue weighted by Gasteiger charge is -2.34. The lowest BCUT2D eigenvalue weighted by molar-refractivity contribution is -0.159. The van der Waals surface area contributed by atoms with Gasteiger partial charge in [-0.1, -0.05) is 12.1 Å². The molecule has 12 heteroatoms. The number of rotatable bonds is 6. The van der Waals surface area contributed by atoms with E-state index >= 15 is 0 Å². The molecule has 3 rings (SSSR count). The standard InChI is InChI=1S/C20H25N3O3S2.C2H2O4/c1-16(24)21-18-5-9-20(10-6-18)28(25,26)23-13-11-22(12-14-23)15-17-3-7-19(27-2)8-4-17;3-1(4)2(5)6/h3-10H,11-15H2,1-2H3,(H,21,24);(H,3,4)(H,5,6). The third kappa shape index (κ3) is 8.13. The Labute approximate surface area is 202 Å². The highest BCUT2D eigenvalue weighted by Crippen LogP contribution is 2.21. The second-order valence-corrected chi connectivity index (χ2v) is 10.2. The van der Waals surface area contributed by atoms with Gasteiger partial charge in [-0.25, -0.2) is 18.0 Å². The maximum Gasteiger partial charge on any atom is 0.414 e. The van der Waals surface area contributed by atoms with Gasteiger partial charge in [-0.15, -0.1) is 11.8 Å². The molecule has 2 aromatic rings. The number of carbonyl (C=O) groups excluding carboxylic acids is 1. The van der Waals surface area contributed by atoms with E-state index < -0.39 is 22.0 Å². The number of hydrogen-bond donors (Lipinski definition) is 3. The van der Waals surface area contributed by atoms with Gasteiger partial charge in [0.15, 0.2) is 0 Å². The van der Waals surface area contributed by atoms with Crippen molar-refractivity contribution in [3.8, 4) is 0 Å². The number of hydrogen-bond acceptors (Lipinski definition) is 7. The van der Waals surface area contributed by atoms with Crippen molar-refractivity contribution in [3.05, 3.63) is 54.1 Å². The van der Waals surface area contributed by atoms with Gasteiger partial charge in [-0.2, -0.15) is 4.31 Å². The Morgan fingerprint density at radius 1 is 0.912 bits per heavy atom. The summed E-state index contributed by atoms with van der Waals surface area (Å²) in [6, 6.07) is 14.8. The molecule has 1 aliphatic rings. The zero-order valence-electron chi connectivity index (χ0n) is 18.8. The fourth-order valence-corrected chi connectivity index (χ4v) is 5.01. The van der Waals surface area contributed by atoms with E-state index in [9.17, 15) is 13.2 Å². The first kappa shape index (κ1) is 27.3. The minimum Gasteiger partial charge on any atom is -0.473 e. The number of carbonyl (C=O) groups is 3. The van der Waals surface area contributed by atoms with E-state index in [0.29, 0.717) is 31.9 Å². The summed E-state index contributed by atoms with van der Waals surface area (Å²) in [4.78, 5) is 33.1. The van der Waals surface area contributed by atoms with Crippen LogP contribution in [0, 0.1) is 0 Å². The van der Waals surface area contributed by atoms with E-state index in [-0.39, 0.29) is 10.8 Å². The van der Waals surface area contributed by atoms with Crippen LogP contribution in [0.15, 0.2) is 58.3 Å². The molecule has 2 aromatic carbocycles. The zero-order chi connectivity index (χ0) is 25.3. The van der Waals surface area contributed by atoms with Crippen LogP contribution in [0.2, 0.25) is 0 Å². The molecule has 0 atom stereocenters. The summed E-state index contributed by atoms with van der Waals surface area (Å²) in [5, 5.41) is 17.4. The van der Waals surface area contributed by atoms with Crippen molar-refractivity contribution in [3.63, 3.8) is 0 Å². The third-order valence-corrected chi connectivity index (χ3v) is 7.55. The van der Waals surface area contributed by atoms with E-state index in [4.69, 9.17) is 19.8 Å². The van der Waals surface area contributed by atoms with Crippen LogP contribution >= 0.6 is 11.8 Å². The maximum absolute atomic E-state index is 12.9. The summed E-state index contributed by atoms with van der Waals surface area (Å²) in [6.07, 6.45) is 2.06. The molecular weight excluding hydrogens is 482 g/mol. The Morgan fingerprint density at radius 2 is 1.44 bits per heavy atom. The molecule has 1 heterocycles. The van der Waals surface area contributed by atoms with Crippen LogP contribution in [0.25, 0.3) is 0 Å². The molecule has 0 radical (unpaired) electrons. The van der Waals surface area contributed by atoms with Crippen molar-refractivity contribution in [2.75, 3.05) is 37.8 Å². The third-order valence-electron chi connectivity index (χ3n) is 4.89. The molecule has 10 nitrogen and oxygen atoms in total. The van der Waals surface area contributed by atoms with Crippen LogP contribution < -0.4 is 5.32 Å². The molecule has 0 spiro atoms. The molecule has 1 amide bonds. The number of thioether (sulfide) groups is 1. The Morgan fingerprint density at radius 3 is 1.88 bits per heavy atom. The average molecular weight is 510 g/mol. The summed E-state index contributed by atoms with van der Waals surface area (Å²) < 4.78 is 27.3. The number of carboxylic acids is 2. The fourth-order valence-electron chi connectivity index (χ4n) is 3.18. The minimum absolute atomic E-state index is 0.185. The molecule has 0 aromatic heterocycles. The molecule has 0 saturated carbocycles. The Kier molecular flexibility index (Phi) is 10.1. The van der Waals surface area contributed by atoms with E-state index in [1.165, 1.54) is 21.7 Å². The largest absolute Gasteiger partial charge is 0.473 e. The van der Waals surface area contributed by atoms with Gasteiger partial charge in [0.25, 0.3) is 0 Å². The topological polar surface area (TPSA) is 144 Å². The lowest BCUT2D eigenvalue weighted by Crippen LogP contribution is -2.48. The molecule has 3 N–H and O–H groups in total. The Bertz CT molecular complexity index is 1080.